The Kier molecular flexibility index (Phi) is 14.8. The fourth-order valence-electron chi connectivity index (χ4n) is 2.59. The highest BCUT2D eigenvalue weighted by Gasteiger charge is 2.14. The Morgan fingerprint density at radius 1 is 0.667 bits per heavy atom. The summed E-state index contributed by atoms with van der Waals surface area (Å²) in [7, 11) is 0. The van der Waals surface area contributed by atoms with Crippen molar-refractivity contribution in [2.75, 3.05) is 0 Å². The summed E-state index contributed by atoms with van der Waals surface area (Å²) in [5, 5.41) is 0. The fraction of sp³-hybridized carbons (Fsp3) is 0.900. The van der Waals surface area contributed by atoms with Crippen molar-refractivity contribution in [2.24, 2.45) is 0 Å². The Labute approximate surface area is 148 Å². The lowest BCUT2D eigenvalue weighted by Crippen LogP contribution is -2.18. The summed E-state index contributed by atoms with van der Waals surface area (Å²) in [6.45, 7) is 8.14. The Hall–Kier alpha value is -1.06. The molecule has 0 N–H and O–H groups in total. The molecule has 2 atom stereocenters. The van der Waals surface area contributed by atoms with Crippen molar-refractivity contribution in [1.82, 2.24) is 0 Å². The molecule has 4 heteroatoms. The number of carbonyl (C=O) groups excluding carboxylic acids is 2. The minimum absolute atomic E-state index is 0.0665. The molecule has 0 heterocycles. The van der Waals surface area contributed by atoms with E-state index in [1.54, 1.807) is 0 Å². The van der Waals surface area contributed by atoms with E-state index >= 15 is 0 Å². The molecular formula is C20H38O4. The minimum Gasteiger partial charge on any atom is -0.463 e. The van der Waals surface area contributed by atoms with E-state index in [9.17, 15) is 9.59 Å². The molecule has 0 aromatic rings. The Morgan fingerprint density at radius 2 is 1.08 bits per heavy atom. The van der Waals surface area contributed by atoms with Crippen molar-refractivity contribution in [3.63, 3.8) is 0 Å². The highest BCUT2D eigenvalue weighted by molar-refractivity contribution is 5.77. The van der Waals surface area contributed by atoms with Crippen LogP contribution in [0.4, 0.5) is 0 Å². The lowest BCUT2D eigenvalue weighted by atomic mass is 10.1. The van der Waals surface area contributed by atoms with Gasteiger partial charge in [-0.25, -0.2) is 0 Å². The van der Waals surface area contributed by atoms with Gasteiger partial charge in [-0.05, 0) is 33.1 Å². The maximum absolute atomic E-state index is 11.8. The standard InChI is InChI=1S/C20H38O4/c1-5-7-9-10-11-12-14-18(4)24-20(22)16-15-19(21)23-17(3)13-8-6-2/h17-18H,5-16H2,1-4H3. The first-order valence-corrected chi connectivity index (χ1v) is 9.88. The molecule has 0 spiro atoms. The van der Waals surface area contributed by atoms with Crippen molar-refractivity contribution >= 4 is 11.9 Å². The predicted octanol–water partition coefficient (Wildman–Crippen LogP) is 5.57. The van der Waals surface area contributed by atoms with Crippen LogP contribution in [0.25, 0.3) is 0 Å². The van der Waals surface area contributed by atoms with Gasteiger partial charge in [0, 0.05) is 0 Å². The minimum atomic E-state index is -0.306. The third-order valence-corrected chi connectivity index (χ3v) is 4.13. The molecular weight excluding hydrogens is 304 g/mol. The number of carbonyl (C=O) groups is 2. The topological polar surface area (TPSA) is 52.6 Å². The Bertz CT molecular complexity index is 328. The zero-order chi connectivity index (χ0) is 18.2. The van der Waals surface area contributed by atoms with Crippen LogP contribution in [0, 0.1) is 0 Å². The number of ether oxygens (including phenoxy) is 2. The zero-order valence-corrected chi connectivity index (χ0v) is 16.3. The Morgan fingerprint density at radius 3 is 1.58 bits per heavy atom. The van der Waals surface area contributed by atoms with Gasteiger partial charge in [0.2, 0.25) is 0 Å². The molecule has 0 saturated carbocycles. The number of unbranched alkanes of at least 4 members (excludes halogenated alkanes) is 6. The second-order valence-electron chi connectivity index (χ2n) is 6.80. The predicted molar refractivity (Wildman–Crippen MR) is 97.9 cm³/mol. The third-order valence-electron chi connectivity index (χ3n) is 4.13. The van der Waals surface area contributed by atoms with Crippen LogP contribution in [0.2, 0.25) is 0 Å². The van der Waals surface area contributed by atoms with Crippen LogP contribution in [-0.2, 0) is 19.1 Å². The van der Waals surface area contributed by atoms with Gasteiger partial charge in [-0.3, -0.25) is 9.59 Å². The summed E-state index contributed by atoms with van der Waals surface area (Å²) in [5.74, 6) is -0.606. The maximum Gasteiger partial charge on any atom is 0.306 e. The van der Waals surface area contributed by atoms with Crippen LogP contribution >= 0.6 is 0 Å². The molecule has 0 aliphatic rings. The van der Waals surface area contributed by atoms with E-state index in [0.717, 1.165) is 32.1 Å². The van der Waals surface area contributed by atoms with Crippen molar-refractivity contribution < 1.29 is 19.1 Å². The average molecular weight is 343 g/mol. The second-order valence-corrected chi connectivity index (χ2v) is 6.80. The summed E-state index contributed by atoms with van der Waals surface area (Å²) < 4.78 is 10.6. The van der Waals surface area contributed by atoms with Gasteiger partial charge in [0.1, 0.15) is 0 Å². The summed E-state index contributed by atoms with van der Waals surface area (Å²) in [6.07, 6.45) is 11.4. The summed E-state index contributed by atoms with van der Waals surface area (Å²) in [4.78, 5) is 23.4. The molecule has 0 aromatic heterocycles. The van der Waals surface area contributed by atoms with Crippen molar-refractivity contribution in [2.45, 2.75) is 117 Å². The van der Waals surface area contributed by atoms with Crippen LogP contribution < -0.4 is 0 Å². The van der Waals surface area contributed by atoms with E-state index < -0.39 is 0 Å². The fourth-order valence-corrected chi connectivity index (χ4v) is 2.59. The summed E-state index contributed by atoms with van der Waals surface area (Å²) in [5.41, 5.74) is 0. The molecule has 24 heavy (non-hydrogen) atoms. The average Bonchev–Trinajstić information content (AvgIpc) is 2.54. The van der Waals surface area contributed by atoms with Gasteiger partial charge in [-0.15, -0.1) is 0 Å². The van der Waals surface area contributed by atoms with Gasteiger partial charge in [0.05, 0.1) is 25.0 Å². The van der Waals surface area contributed by atoms with Gasteiger partial charge < -0.3 is 9.47 Å². The zero-order valence-electron chi connectivity index (χ0n) is 16.3. The van der Waals surface area contributed by atoms with Gasteiger partial charge in [-0.1, -0.05) is 58.8 Å². The van der Waals surface area contributed by atoms with Gasteiger partial charge in [-0.2, -0.15) is 0 Å². The molecule has 0 fully saturated rings. The summed E-state index contributed by atoms with van der Waals surface area (Å²) >= 11 is 0. The van der Waals surface area contributed by atoms with E-state index in [2.05, 4.69) is 13.8 Å². The monoisotopic (exact) mass is 342 g/mol. The molecule has 0 bridgehead atoms. The quantitative estimate of drug-likeness (QED) is 0.288. The molecule has 0 saturated heterocycles. The van der Waals surface area contributed by atoms with Gasteiger partial charge in [0.15, 0.2) is 0 Å². The molecule has 142 valence electrons. The second kappa shape index (κ2) is 15.5. The van der Waals surface area contributed by atoms with E-state index in [0.29, 0.717) is 0 Å². The maximum atomic E-state index is 11.8. The first kappa shape index (κ1) is 22.9. The molecule has 0 rings (SSSR count). The molecule has 0 aliphatic carbocycles. The van der Waals surface area contributed by atoms with E-state index in [4.69, 9.17) is 9.47 Å². The lowest BCUT2D eigenvalue weighted by Gasteiger charge is -2.14. The summed E-state index contributed by atoms with van der Waals surface area (Å²) in [6, 6.07) is 0. The normalized spacial score (nSPS) is 13.3. The number of hydrogen-bond donors (Lipinski definition) is 0. The van der Waals surface area contributed by atoms with Crippen molar-refractivity contribution in [3.8, 4) is 0 Å². The largest absolute Gasteiger partial charge is 0.463 e. The SMILES string of the molecule is CCCCCCCCC(C)OC(=O)CCC(=O)OC(C)CCCC. The lowest BCUT2D eigenvalue weighted by molar-refractivity contribution is -0.155. The third kappa shape index (κ3) is 14.5. The van der Waals surface area contributed by atoms with Crippen LogP contribution in [0.15, 0.2) is 0 Å². The number of esters is 2. The van der Waals surface area contributed by atoms with Crippen molar-refractivity contribution in [3.05, 3.63) is 0 Å². The van der Waals surface area contributed by atoms with E-state index in [1.807, 2.05) is 13.8 Å². The Balaban J connectivity index is 3.67. The molecule has 0 aliphatic heterocycles. The highest BCUT2D eigenvalue weighted by Crippen LogP contribution is 2.11. The van der Waals surface area contributed by atoms with Crippen LogP contribution in [0.3, 0.4) is 0 Å². The first-order valence-electron chi connectivity index (χ1n) is 9.88. The number of hydrogen-bond acceptors (Lipinski definition) is 4. The van der Waals surface area contributed by atoms with Crippen molar-refractivity contribution in [1.29, 1.82) is 0 Å². The molecule has 0 amide bonds. The van der Waals surface area contributed by atoms with Gasteiger partial charge >= 0.3 is 11.9 Å². The molecule has 2 unspecified atom stereocenters. The van der Waals surface area contributed by atoms with Crippen LogP contribution in [-0.4, -0.2) is 24.1 Å². The van der Waals surface area contributed by atoms with E-state index in [1.165, 1.54) is 32.1 Å². The first-order chi connectivity index (χ1) is 11.5. The molecule has 0 radical (unpaired) electrons. The van der Waals surface area contributed by atoms with Gasteiger partial charge in [0.25, 0.3) is 0 Å². The van der Waals surface area contributed by atoms with Crippen LogP contribution in [0.5, 0.6) is 0 Å². The van der Waals surface area contributed by atoms with Crippen LogP contribution in [0.1, 0.15) is 105 Å². The molecule has 4 nitrogen and oxygen atoms in total. The smallest absolute Gasteiger partial charge is 0.306 e. The number of rotatable bonds is 15. The molecule has 0 aromatic carbocycles. The van der Waals surface area contributed by atoms with E-state index in [-0.39, 0.29) is 37.0 Å². The highest BCUT2D eigenvalue weighted by atomic mass is 16.5.